The summed E-state index contributed by atoms with van der Waals surface area (Å²) in [5.41, 5.74) is 0.0810. The standard InChI is InChI=1S/C8H9NO3S.C2H6/c1-4-6-7(5-2)13(11,12)9(3)8(6)10;1-2/h4-5H,1-2H2,3H3;1-2H3. The monoisotopic (exact) mass is 229 g/mol. The summed E-state index contributed by atoms with van der Waals surface area (Å²) in [5, 5.41) is 0. The summed E-state index contributed by atoms with van der Waals surface area (Å²) in [6.45, 7) is 10.7. The van der Waals surface area contributed by atoms with Gasteiger partial charge in [0.25, 0.3) is 15.9 Å². The van der Waals surface area contributed by atoms with E-state index >= 15 is 0 Å². The van der Waals surface area contributed by atoms with Crippen LogP contribution in [0.25, 0.3) is 0 Å². The second kappa shape index (κ2) is 4.93. The van der Waals surface area contributed by atoms with Crippen molar-refractivity contribution in [2.45, 2.75) is 13.8 Å². The number of rotatable bonds is 2. The van der Waals surface area contributed by atoms with Crippen LogP contribution in [-0.4, -0.2) is 25.7 Å². The Bertz CT molecular complexity index is 418. The van der Waals surface area contributed by atoms with Gasteiger partial charge >= 0.3 is 0 Å². The lowest BCUT2D eigenvalue weighted by atomic mass is 10.2. The van der Waals surface area contributed by atoms with Crippen molar-refractivity contribution < 1.29 is 13.2 Å². The summed E-state index contributed by atoms with van der Waals surface area (Å²) in [5.74, 6) is -0.565. The van der Waals surface area contributed by atoms with Crippen LogP contribution >= 0.6 is 0 Å². The summed E-state index contributed by atoms with van der Waals surface area (Å²) < 4.78 is 23.5. The third-order valence-corrected chi connectivity index (χ3v) is 3.64. The maximum atomic E-state index is 11.4. The van der Waals surface area contributed by atoms with Gasteiger partial charge in [-0.1, -0.05) is 33.1 Å². The van der Waals surface area contributed by atoms with Crippen LogP contribution in [0.1, 0.15) is 13.8 Å². The number of carbonyl (C=O) groups is 1. The van der Waals surface area contributed by atoms with Crippen molar-refractivity contribution in [1.82, 2.24) is 4.31 Å². The van der Waals surface area contributed by atoms with Gasteiger partial charge in [0.2, 0.25) is 0 Å². The normalized spacial score (nSPS) is 18.3. The second-order valence-electron chi connectivity index (χ2n) is 2.46. The predicted molar refractivity (Wildman–Crippen MR) is 60.5 cm³/mol. The van der Waals surface area contributed by atoms with Crippen molar-refractivity contribution >= 4 is 15.9 Å². The molecule has 15 heavy (non-hydrogen) atoms. The topological polar surface area (TPSA) is 54.5 Å². The number of carbonyl (C=O) groups excluding carboxylic acids is 1. The maximum absolute atomic E-state index is 11.4. The number of hydrogen-bond acceptors (Lipinski definition) is 3. The Morgan fingerprint density at radius 2 is 1.67 bits per heavy atom. The zero-order valence-corrected chi connectivity index (χ0v) is 9.97. The lowest BCUT2D eigenvalue weighted by Gasteiger charge is -2.07. The molecule has 0 aromatic heterocycles. The zero-order valence-electron chi connectivity index (χ0n) is 9.15. The fourth-order valence-electron chi connectivity index (χ4n) is 1.07. The SMILES string of the molecule is C=CC1=C(C=C)S(=O)(=O)N(C)C1=O.CC. The van der Waals surface area contributed by atoms with Crippen LogP contribution in [0.3, 0.4) is 0 Å². The fraction of sp³-hybridized carbons (Fsp3) is 0.300. The van der Waals surface area contributed by atoms with E-state index in [-0.39, 0.29) is 10.5 Å². The first-order chi connectivity index (χ1) is 6.96. The van der Waals surface area contributed by atoms with Gasteiger partial charge in [0.1, 0.15) is 0 Å². The minimum absolute atomic E-state index is 0.0741. The Kier molecular flexibility index (Phi) is 4.48. The van der Waals surface area contributed by atoms with Gasteiger partial charge in [-0.05, 0) is 6.08 Å². The Labute approximate surface area is 90.6 Å². The van der Waals surface area contributed by atoms with Crippen LogP contribution in [-0.2, 0) is 14.8 Å². The van der Waals surface area contributed by atoms with Gasteiger partial charge in [0, 0.05) is 7.05 Å². The smallest absolute Gasteiger partial charge is 0.268 e. The lowest BCUT2D eigenvalue weighted by molar-refractivity contribution is -0.121. The summed E-state index contributed by atoms with van der Waals surface area (Å²) >= 11 is 0. The number of sulfonamides is 1. The largest absolute Gasteiger partial charge is 0.268 e. The molecule has 5 heteroatoms. The van der Waals surface area contributed by atoms with Crippen LogP contribution in [0.4, 0.5) is 0 Å². The lowest BCUT2D eigenvalue weighted by Crippen LogP contribution is -2.26. The average Bonchev–Trinajstić information content (AvgIpc) is 2.41. The first-order valence-electron chi connectivity index (χ1n) is 4.49. The Morgan fingerprint density at radius 3 is 1.93 bits per heavy atom. The van der Waals surface area contributed by atoms with E-state index in [4.69, 9.17) is 0 Å². The first kappa shape index (κ1) is 13.6. The molecule has 0 N–H and O–H groups in total. The van der Waals surface area contributed by atoms with E-state index in [1.165, 1.54) is 13.1 Å². The molecule has 0 aliphatic carbocycles. The molecule has 1 amide bonds. The van der Waals surface area contributed by atoms with Crippen LogP contribution < -0.4 is 0 Å². The molecule has 0 unspecified atom stereocenters. The van der Waals surface area contributed by atoms with E-state index in [9.17, 15) is 13.2 Å². The highest BCUT2D eigenvalue weighted by Crippen LogP contribution is 2.27. The number of nitrogens with zero attached hydrogens (tertiary/aromatic N) is 1. The molecule has 1 rings (SSSR count). The first-order valence-corrected chi connectivity index (χ1v) is 5.93. The second-order valence-corrected chi connectivity index (χ2v) is 4.40. The Morgan fingerprint density at radius 1 is 1.20 bits per heavy atom. The third-order valence-electron chi connectivity index (χ3n) is 1.81. The summed E-state index contributed by atoms with van der Waals surface area (Å²) in [7, 11) is -2.45. The van der Waals surface area contributed by atoms with E-state index in [0.29, 0.717) is 4.31 Å². The van der Waals surface area contributed by atoms with Crippen molar-refractivity contribution in [3.05, 3.63) is 35.8 Å². The van der Waals surface area contributed by atoms with Crippen molar-refractivity contribution in [2.75, 3.05) is 7.05 Å². The summed E-state index contributed by atoms with van der Waals surface area (Å²) in [4.78, 5) is 11.2. The molecule has 0 atom stereocenters. The number of likely N-dealkylation sites (N-methyl/N-ethyl adjacent to an activating group) is 1. The molecule has 1 aliphatic rings. The van der Waals surface area contributed by atoms with E-state index in [1.54, 1.807) is 0 Å². The molecule has 0 radical (unpaired) electrons. The minimum Gasteiger partial charge on any atom is -0.268 e. The van der Waals surface area contributed by atoms with Crippen molar-refractivity contribution in [1.29, 1.82) is 0 Å². The van der Waals surface area contributed by atoms with Gasteiger partial charge in [-0.25, -0.2) is 12.7 Å². The number of hydrogen-bond donors (Lipinski definition) is 0. The van der Waals surface area contributed by atoms with Gasteiger partial charge in [0.05, 0.1) is 10.5 Å². The molecule has 0 spiro atoms. The van der Waals surface area contributed by atoms with Gasteiger partial charge in [-0.15, -0.1) is 0 Å². The average molecular weight is 229 g/mol. The molecule has 0 aromatic carbocycles. The highest BCUT2D eigenvalue weighted by molar-refractivity contribution is 7.94. The molecule has 0 aromatic rings. The molecule has 0 saturated heterocycles. The molecular weight excluding hydrogens is 214 g/mol. The van der Waals surface area contributed by atoms with Crippen LogP contribution in [0.2, 0.25) is 0 Å². The Hall–Kier alpha value is -1.36. The van der Waals surface area contributed by atoms with Gasteiger partial charge in [-0.2, -0.15) is 0 Å². The van der Waals surface area contributed by atoms with E-state index < -0.39 is 15.9 Å². The van der Waals surface area contributed by atoms with Crippen molar-refractivity contribution in [3.63, 3.8) is 0 Å². The van der Waals surface area contributed by atoms with Crippen LogP contribution in [0, 0.1) is 0 Å². The third kappa shape index (κ3) is 2.02. The highest BCUT2D eigenvalue weighted by atomic mass is 32.2. The van der Waals surface area contributed by atoms with Gasteiger partial charge in [-0.3, -0.25) is 4.79 Å². The molecule has 0 saturated carbocycles. The predicted octanol–water partition coefficient (Wildman–Crippen LogP) is 1.44. The van der Waals surface area contributed by atoms with Gasteiger partial charge < -0.3 is 0 Å². The quantitative estimate of drug-likeness (QED) is 0.720. The molecule has 84 valence electrons. The van der Waals surface area contributed by atoms with E-state index in [1.807, 2.05) is 13.8 Å². The highest BCUT2D eigenvalue weighted by Gasteiger charge is 2.37. The number of allylic oxidation sites excluding steroid dienone is 1. The van der Waals surface area contributed by atoms with Crippen molar-refractivity contribution in [2.24, 2.45) is 0 Å². The van der Waals surface area contributed by atoms with Crippen molar-refractivity contribution in [3.8, 4) is 0 Å². The van der Waals surface area contributed by atoms with Gasteiger partial charge in [0.15, 0.2) is 0 Å². The van der Waals surface area contributed by atoms with E-state index in [2.05, 4.69) is 13.2 Å². The molecule has 4 nitrogen and oxygen atoms in total. The summed E-state index contributed by atoms with van der Waals surface area (Å²) in [6, 6.07) is 0. The molecule has 1 aliphatic heterocycles. The van der Waals surface area contributed by atoms with Crippen LogP contribution in [0.5, 0.6) is 0 Å². The van der Waals surface area contributed by atoms with Crippen LogP contribution in [0.15, 0.2) is 35.8 Å². The van der Waals surface area contributed by atoms with E-state index in [0.717, 1.165) is 6.08 Å². The molecule has 0 fully saturated rings. The minimum atomic E-state index is -3.65. The Balaban J connectivity index is 0.000000921. The summed E-state index contributed by atoms with van der Waals surface area (Å²) in [6.07, 6.45) is 2.37. The maximum Gasteiger partial charge on any atom is 0.268 e. The fourth-order valence-corrected chi connectivity index (χ4v) is 2.34. The molecular formula is C10H15NO3S. The zero-order chi connectivity index (χ0) is 12.2. The number of amides is 1. The molecule has 1 heterocycles. The molecule has 0 bridgehead atoms.